The van der Waals surface area contributed by atoms with E-state index in [9.17, 15) is 0 Å². The van der Waals surface area contributed by atoms with E-state index in [2.05, 4.69) is 69.1 Å². The number of benzene rings is 1. The molecule has 0 radical (unpaired) electrons. The van der Waals surface area contributed by atoms with E-state index >= 15 is 0 Å². The van der Waals surface area contributed by atoms with Gasteiger partial charge in [-0.3, -0.25) is 0 Å². The van der Waals surface area contributed by atoms with Gasteiger partial charge in [-0.05, 0) is 43.9 Å². The van der Waals surface area contributed by atoms with Crippen LogP contribution in [0.5, 0.6) is 0 Å². The zero-order valence-electron chi connectivity index (χ0n) is 13.0. The second-order valence-corrected chi connectivity index (χ2v) is 6.87. The average molecular weight is 260 g/mol. The van der Waals surface area contributed by atoms with Crippen molar-refractivity contribution in [1.29, 1.82) is 0 Å². The van der Waals surface area contributed by atoms with E-state index in [1.807, 2.05) is 0 Å². The lowest BCUT2D eigenvalue weighted by molar-refractivity contribution is 0.549. The van der Waals surface area contributed by atoms with Crippen molar-refractivity contribution in [3.8, 4) is 0 Å². The number of hydrogen-bond donors (Lipinski definition) is 1. The molecule has 1 N–H and O–H groups in total. The number of nitrogens with zero attached hydrogens (tertiary/aromatic N) is 1. The van der Waals surface area contributed by atoms with E-state index < -0.39 is 0 Å². The standard InChI is InChI=1S/C17H28N2/c1-13-10-11-18-12-14(2)19(13)16-9-7-6-8-15(16)17(3,4)5/h6-9,13-14,18H,10-12H2,1-5H3. The van der Waals surface area contributed by atoms with Gasteiger partial charge in [-0.25, -0.2) is 0 Å². The molecule has 2 atom stereocenters. The maximum absolute atomic E-state index is 3.54. The molecule has 0 amide bonds. The molecule has 1 aromatic rings. The molecule has 1 heterocycles. The first-order valence-electron chi connectivity index (χ1n) is 7.50. The Morgan fingerprint density at radius 3 is 2.47 bits per heavy atom. The van der Waals surface area contributed by atoms with E-state index in [1.54, 1.807) is 0 Å². The molecule has 1 fully saturated rings. The topological polar surface area (TPSA) is 15.3 Å². The second kappa shape index (κ2) is 5.54. The molecule has 2 nitrogen and oxygen atoms in total. The van der Waals surface area contributed by atoms with E-state index in [4.69, 9.17) is 0 Å². The van der Waals surface area contributed by atoms with Gasteiger partial charge >= 0.3 is 0 Å². The molecule has 0 aromatic heterocycles. The lowest BCUT2D eigenvalue weighted by atomic mass is 9.85. The molecule has 19 heavy (non-hydrogen) atoms. The van der Waals surface area contributed by atoms with E-state index in [0.29, 0.717) is 12.1 Å². The summed E-state index contributed by atoms with van der Waals surface area (Å²) in [5.74, 6) is 0. The van der Waals surface area contributed by atoms with Crippen molar-refractivity contribution in [1.82, 2.24) is 5.32 Å². The zero-order valence-corrected chi connectivity index (χ0v) is 13.0. The van der Waals surface area contributed by atoms with Gasteiger partial charge in [0.25, 0.3) is 0 Å². The summed E-state index contributed by atoms with van der Waals surface area (Å²) in [5.41, 5.74) is 3.06. The molecule has 1 aliphatic rings. The van der Waals surface area contributed by atoms with Crippen LogP contribution in [0.1, 0.15) is 46.6 Å². The smallest absolute Gasteiger partial charge is 0.0409 e. The Balaban J connectivity index is 2.44. The number of hydrogen-bond acceptors (Lipinski definition) is 2. The molecule has 2 heteroatoms. The summed E-state index contributed by atoms with van der Waals surface area (Å²) in [5, 5.41) is 3.54. The van der Waals surface area contributed by atoms with Crippen LogP contribution in [0.4, 0.5) is 5.69 Å². The van der Waals surface area contributed by atoms with Crippen molar-refractivity contribution in [3.05, 3.63) is 29.8 Å². The Morgan fingerprint density at radius 2 is 1.79 bits per heavy atom. The highest BCUT2D eigenvalue weighted by Gasteiger charge is 2.27. The van der Waals surface area contributed by atoms with Gasteiger partial charge in [-0.2, -0.15) is 0 Å². The van der Waals surface area contributed by atoms with Gasteiger partial charge in [-0.15, -0.1) is 0 Å². The number of para-hydroxylation sites is 1. The molecule has 2 unspecified atom stereocenters. The Hall–Kier alpha value is -1.02. The molecule has 0 spiro atoms. The van der Waals surface area contributed by atoms with Crippen molar-refractivity contribution in [2.75, 3.05) is 18.0 Å². The van der Waals surface area contributed by atoms with E-state index in [-0.39, 0.29) is 5.41 Å². The first-order chi connectivity index (χ1) is 8.91. The molecular formula is C17H28N2. The van der Waals surface area contributed by atoms with Crippen molar-refractivity contribution >= 4 is 5.69 Å². The summed E-state index contributed by atoms with van der Waals surface area (Å²) in [6, 6.07) is 10.0. The molecule has 1 saturated heterocycles. The van der Waals surface area contributed by atoms with Crippen LogP contribution in [0.25, 0.3) is 0 Å². The summed E-state index contributed by atoms with van der Waals surface area (Å²) < 4.78 is 0. The van der Waals surface area contributed by atoms with Crippen LogP contribution in [0, 0.1) is 0 Å². The van der Waals surface area contributed by atoms with Crippen LogP contribution in [0.15, 0.2) is 24.3 Å². The maximum Gasteiger partial charge on any atom is 0.0409 e. The third-order valence-corrected chi connectivity index (χ3v) is 4.12. The van der Waals surface area contributed by atoms with Crippen LogP contribution >= 0.6 is 0 Å². The van der Waals surface area contributed by atoms with Crippen LogP contribution in [-0.4, -0.2) is 25.2 Å². The minimum Gasteiger partial charge on any atom is -0.365 e. The van der Waals surface area contributed by atoms with Crippen molar-refractivity contribution in [2.24, 2.45) is 0 Å². The monoisotopic (exact) mass is 260 g/mol. The SMILES string of the molecule is CC1CCNCC(C)N1c1ccccc1C(C)(C)C. The Labute approximate surface area is 118 Å². The summed E-state index contributed by atoms with van der Waals surface area (Å²) in [6.07, 6.45) is 1.21. The van der Waals surface area contributed by atoms with Crippen LogP contribution < -0.4 is 10.2 Å². The van der Waals surface area contributed by atoms with Gasteiger partial charge in [0.1, 0.15) is 0 Å². The Kier molecular flexibility index (Phi) is 4.19. The normalized spacial score (nSPS) is 25.2. The van der Waals surface area contributed by atoms with Crippen LogP contribution in [0.3, 0.4) is 0 Å². The molecule has 2 rings (SSSR count). The molecule has 1 aromatic carbocycles. The number of anilines is 1. The highest BCUT2D eigenvalue weighted by molar-refractivity contribution is 5.58. The number of nitrogens with one attached hydrogen (secondary N) is 1. The average Bonchev–Trinajstić information content (AvgIpc) is 2.50. The van der Waals surface area contributed by atoms with Gasteiger partial charge in [0.05, 0.1) is 0 Å². The zero-order chi connectivity index (χ0) is 14.0. The third kappa shape index (κ3) is 3.11. The third-order valence-electron chi connectivity index (χ3n) is 4.12. The summed E-state index contributed by atoms with van der Waals surface area (Å²) in [4.78, 5) is 2.61. The predicted molar refractivity (Wildman–Crippen MR) is 84.0 cm³/mol. The largest absolute Gasteiger partial charge is 0.365 e. The first-order valence-corrected chi connectivity index (χ1v) is 7.50. The molecule has 0 aliphatic carbocycles. The maximum atomic E-state index is 3.54. The minimum atomic E-state index is 0.190. The Bertz CT molecular complexity index is 408. The minimum absolute atomic E-state index is 0.190. The van der Waals surface area contributed by atoms with Gasteiger partial charge in [0.15, 0.2) is 0 Å². The fraction of sp³-hybridized carbons (Fsp3) is 0.647. The summed E-state index contributed by atoms with van der Waals surface area (Å²) >= 11 is 0. The van der Waals surface area contributed by atoms with E-state index in [0.717, 1.165) is 13.1 Å². The van der Waals surface area contributed by atoms with Crippen LogP contribution in [-0.2, 0) is 5.41 Å². The number of rotatable bonds is 1. The van der Waals surface area contributed by atoms with Crippen molar-refractivity contribution < 1.29 is 0 Å². The van der Waals surface area contributed by atoms with Crippen molar-refractivity contribution in [3.63, 3.8) is 0 Å². The lowest BCUT2D eigenvalue weighted by Gasteiger charge is -2.38. The highest BCUT2D eigenvalue weighted by Crippen LogP contribution is 2.34. The lowest BCUT2D eigenvalue weighted by Crippen LogP contribution is -2.43. The van der Waals surface area contributed by atoms with Gasteiger partial charge in [-0.1, -0.05) is 39.0 Å². The molecule has 106 valence electrons. The van der Waals surface area contributed by atoms with Gasteiger partial charge in [0.2, 0.25) is 0 Å². The van der Waals surface area contributed by atoms with E-state index in [1.165, 1.54) is 17.7 Å². The quantitative estimate of drug-likeness (QED) is 0.830. The van der Waals surface area contributed by atoms with Crippen molar-refractivity contribution in [2.45, 2.75) is 58.5 Å². The van der Waals surface area contributed by atoms with Gasteiger partial charge in [0, 0.05) is 24.3 Å². The predicted octanol–water partition coefficient (Wildman–Crippen LogP) is 3.56. The van der Waals surface area contributed by atoms with Crippen LogP contribution in [0.2, 0.25) is 0 Å². The Morgan fingerprint density at radius 1 is 1.11 bits per heavy atom. The fourth-order valence-electron chi connectivity index (χ4n) is 3.10. The molecule has 0 bridgehead atoms. The first kappa shape index (κ1) is 14.4. The fourth-order valence-corrected chi connectivity index (χ4v) is 3.10. The van der Waals surface area contributed by atoms with Gasteiger partial charge < -0.3 is 10.2 Å². The summed E-state index contributed by atoms with van der Waals surface area (Å²) in [7, 11) is 0. The molecular weight excluding hydrogens is 232 g/mol. The molecule has 0 saturated carbocycles. The summed E-state index contributed by atoms with van der Waals surface area (Å²) in [6.45, 7) is 13.8. The highest BCUT2D eigenvalue weighted by atomic mass is 15.2. The second-order valence-electron chi connectivity index (χ2n) is 6.87. The molecule has 1 aliphatic heterocycles.